The van der Waals surface area contributed by atoms with Crippen molar-refractivity contribution in [2.45, 2.75) is 90.8 Å². The van der Waals surface area contributed by atoms with Crippen molar-refractivity contribution < 1.29 is 23.5 Å². The monoisotopic (exact) mass is 743 g/mol. The maximum absolute atomic E-state index is 12.9. The van der Waals surface area contributed by atoms with Gasteiger partial charge in [0.1, 0.15) is 17.9 Å². The molecule has 0 radical (unpaired) electrons. The average molecular weight is 744 g/mol. The van der Waals surface area contributed by atoms with Crippen molar-refractivity contribution in [3.8, 4) is 12.8 Å². The van der Waals surface area contributed by atoms with Crippen LogP contribution in [0.25, 0.3) is 0 Å². The van der Waals surface area contributed by atoms with Crippen molar-refractivity contribution in [2.24, 2.45) is 5.92 Å². The van der Waals surface area contributed by atoms with Gasteiger partial charge in [-0.3, -0.25) is 4.79 Å². The van der Waals surface area contributed by atoms with E-state index in [1.807, 2.05) is 68.4 Å². The number of nitrogen functional groups attached to an aromatic ring is 1. The van der Waals surface area contributed by atoms with E-state index in [4.69, 9.17) is 5.73 Å². The van der Waals surface area contributed by atoms with Gasteiger partial charge >= 0.3 is 0 Å². The molecule has 6 N–H and O–H groups in total. The summed E-state index contributed by atoms with van der Waals surface area (Å²) in [6, 6.07) is 20.6. The van der Waals surface area contributed by atoms with Crippen molar-refractivity contribution in [2.75, 3.05) is 39.0 Å². The normalized spacial score (nSPS) is 11.5. The van der Waals surface area contributed by atoms with Crippen LogP contribution in [0.1, 0.15) is 72.9 Å². The molecular formula is C41H63F2N5O3S. The largest absolute Gasteiger partial charge is 0.399 e. The summed E-state index contributed by atoms with van der Waals surface area (Å²) in [5.41, 5.74) is 7.42. The third-order valence-corrected chi connectivity index (χ3v) is 7.71. The summed E-state index contributed by atoms with van der Waals surface area (Å²) in [4.78, 5) is 23.4. The Labute approximate surface area is 316 Å². The van der Waals surface area contributed by atoms with Crippen LogP contribution in [0.4, 0.5) is 14.5 Å². The molecule has 0 aromatic heterocycles. The third-order valence-electron chi connectivity index (χ3n) is 6.64. The lowest BCUT2D eigenvalue weighted by atomic mass is 9.94. The number of hydrogen-bond acceptors (Lipinski definition) is 8. The topological polar surface area (TPSA) is 120 Å². The molecule has 3 aromatic rings. The number of carbonyl (C=O) groups is 2. The summed E-state index contributed by atoms with van der Waals surface area (Å²) in [6.45, 7) is 17.8. The number of carbonyl (C=O) groups excluding carboxylic acids is 2. The zero-order chi connectivity index (χ0) is 40.1. The van der Waals surface area contributed by atoms with Gasteiger partial charge in [0.15, 0.2) is 0 Å². The van der Waals surface area contributed by atoms with Gasteiger partial charge in [0, 0.05) is 35.3 Å². The van der Waals surface area contributed by atoms with E-state index in [1.165, 1.54) is 12.1 Å². The van der Waals surface area contributed by atoms with Gasteiger partial charge in [0.05, 0.1) is 25.2 Å². The van der Waals surface area contributed by atoms with Gasteiger partial charge in [-0.2, -0.15) is 0 Å². The molecule has 8 nitrogen and oxygen atoms in total. The second-order valence-electron chi connectivity index (χ2n) is 12.6. The van der Waals surface area contributed by atoms with Gasteiger partial charge in [0.2, 0.25) is 5.91 Å². The number of nitrogens with one attached hydrogen (secondary N) is 3. The molecule has 0 bridgehead atoms. The van der Waals surface area contributed by atoms with E-state index in [0.717, 1.165) is 41.1 Å². The number of terminal acetylenes is 1. The summed E-state index contributed by atoms with van der Waals surface area (Å²) in [5, 5.41) is 19.7. The first kappa shape index (κ1) is 50.3. The molecular weight excluding hydrogens is 681 g/mol. The Morgan fingerprint density at radius 3 is 2.02 bits per heavy atom. The van der Waals surface area contributed by atoms with Crippen LogP contribution < -0.4 is 21.7 Å². The van der Waals surface area contributed by atoms with Crippen LogP contribution in [0.2, 0.25) is 0 Å². The summed E-state index contributed by atoms with van der Waals surface area (Å²) in [5.74, 6) is -0.530. The standard InChI is InChI=1S/C22H32N4O2S.C11H13F2NO.C4H10.C2H6.C2H2/c1-3-13-26(29-19-11-9-18(23)10-12-19)16-21(27)20(25-22(28)15-24-2)14-17-7-5-4-6-8-17;1-11(2,14-3-4-15)8-5-9(12)7-10(13)6-8;1-4(2)3;2*1-2/h4-12,20-21,24,27H,3,13-16,23H2,1-2H3,(H,25,28);4-7,14H,3H2,1-2H3;4H,1-3H3;1-2H3;1-2H/t20-,21+;;;;/m0..../s1. The minimum atomic E-state index is -0.705. The number of amides is 1. The number of benzene rings is 3. The summed E-state index contributed by atoms with van der Waals surface area (Å²) >= 11 is 1.60. The fourth-order valence-corrected chi connectivity index (χ4v) is 5.38. The number of nitrogens with zero attached hydrogens (tertiary/aromatic N) is 1. The summed E-state index contributed by atoms with van der Waals surface area (Å²) in [7, 11) is 1.73. The number of hydrogen-bond donors (Lipinski definition) is 5. The Morgan fingerprint density at radius 1 is 1.00 bits per heavy atom. The van der Waals surface area contributed by atoms with Gasteiger partial charge in [-0.05, 0) is 99.1 Å². The lowest BCUT2D eigenvalue weighted by molar-refractivity contribution is -0.121. The molecule has 0 aliphatic carbocycles. The van der Waals surface area contributed by atoms with E-state index >= 15 is 0 Å². The number of rotatable bonds is 16. The van der Waals surface area contributed by atoms with E-state index in [9.17, 15) is 23.5 Å². The molecule has 0 spiro atoms. The highest BCUT2D eigenvalue weighted by Gasteiger charge is 2.24. The van der Waals surface area contributed by atoms with Crippen molar-refractivity contribution in [1.29, 1.82) is 0 Å². The number of halogens is 2. The quantitative estimate of drug-likeness (QED) is 0.0452. The van der Waals surface area contributed by atoms with Crippen LogP contribution >= 0.6 is 11.9 Å². The summed E-state index contributed by atoms with van der Waals surface area (Å²) in [6.07, 6.45) is 9.54. The van der Waals surface area contributed by atoms with E-state index in [0.29, 0.717) is 24.8 Å². The molecule has 11 heteroatoms. The smallest absolute Gasteiger partial charge is 0.234 e. The second-order valence-corrected chi connectivity index (χ2v) is 13.7. The molecule has 2 atom stereocenters. The highest BCUT2D eigenvalue weighted by molar-refractivity contribution is 7.97. The molecule has 0 saturated carbocycles. The molecule has 1 amide bonds. The van der Waals surface area contributed by atoms with Crippen molar-refractivity contribution in [1.82, 2.24) is 20.3 Å². The highest BCUT2D eigenvalue weighted by atomic mass is 32.2. The average Bonchev–Trinajstić information content (AvgIpc) is 3.10. The second kappa shape index (κ2) is 29.8. The Morgan fingerprint density at radius 2 is 1.54 bits per heavy atom. The molecule has 52 heavy (non-hydrogen) atoms. The lowest BCUT2D eigenvalue weighted by Gasteiger charge is -2.29. The van der Waals surface area contributed by atoms with Crippen LogP contribution in [-0.2, 0) is 21.5 Å². The Hall–Kier alpha value is -3.79. The molecule has 0 saturated heterocycles. The highest BCUT2D eigenvalue weighted by Crippen LogP contribution is 2.25. The predicted octanol–water partition coefficient (Wildman–Crippen LogP) is 7.22. The van der Waals surface area contributed by atoms with Crippen LogP contribution in [0, 0.1) is 30.4 Å². The van der Waals surface area contributed by atoms with Gasteiger partial charge in [0.25, 0.3) is 0 Å². The molecule has 0 fully saturated rings. The summed E-state index contributed by atoms with van der Waals surface area (Å²) < 4.78 is 28.0. The Bertz CT molecular complexity index is 1350. The molecule has 0 aliphatic heterocycles. The number of likely N-dealkylation sites (N-methyl/N-ethyl adjacent to an activating group) is 1. The molecule has 0 aliphatic rings. The van der Waals surface area contributed by atoms with Gasteiger partial charge in [-0.1, -0.05) is 71.9 Å². The van der Waals surface area contributed by atoms with E-state index in [-0.39, 0.29) is 25.0 Å². The van der Waals surface area contributed by atoms with E-state index < -0.39 is 23.3 Å². The lowest BCUT2D eigenvalue weighted by Crippen LogP contribution is -2.50. The zero-order valence-electron chi connectivity index (χ0n) is 32.6. The number of anilines is 1. The minimum Gasteiger partial charge on any atom is -0.399 e. The van der Waals surface area contributed by atoms with Gasteiger partial charge in [-0.15, -0.1) is 12.8 Å². The van der Waals surface area contributed by atoms with Crippen molar-refractivity contribution in [3.05, 3.63) is 95.6 Å². The van der Waals surface area contributed by atoms with E-state index in [2.05, 4.69) is 60.8 Å². The molecule has 3 aromatic carbocycles. The first-order valence-electron chi connectivity index (χ1n) is 17.6. The third kappa shape index (κ3) is 23.6. The maximum atomic E-state index is 12.9. The number of aliphatic hydroxyl groups is 1. The number of nitrogens with two attached hydrogens (primary N) is 1. The fourth-order valence-electron chi connectivity index (χ4n) is 4.32. The maximum Gasteiger partial charge on any atom is 0.234 e. The molecule has 0 heterocycles. The fraction of sp³-hybridized carbons (Fsp3) is 0.463. The molecule has 290 valence electrons. The Kier molecular flexibility index (Phi) is 28.8. The SMILES string of the molecule is C#C.CC.CC(C)(NCC=O)c1cc(F)cc(F)c1.CC(C)C.CCCN(C[C@@H](O)[C@H](Cc1ccccc1)NC(=O)CNC)Sc1ccc(N)cc1. The van der Waals surface area contributed by atoms with Crippen molar-refractivity contribution in [3.63, 3.8) is 0 Å². The molecule has 0 unspecified atom stereocenters. The van der Waals surface area contributed by atoms with Crippen LogP contribution in [0.15, 0.2) is 77.7 Å². The predicted molar refractivity (Wildman–Crippen MR) is 216 cm³/mol. The zero-order valence-corrected chi connectivity index (χ0v) is 33.4. The Balaban J connectivity index is 0. The first-order valence-corrected chi connectivity index (χ1v) is 18.4. The van der Waals surface area contributed by atoms with Crippen LogP contribution in [-0.4, -0.2) is 67.0 Å². The minimum absolute atomic E-state index is 0.124. The molecule has 3 rings (SSSR count). The number of aldehydes is 1. The number of aliphatic hydroxyl groups excluding tert-OH is 1. The first-order chi connectivity index (χ1) is 24.7. The van der Waals surface area contributed by atoms with Crippen molar-refractivity contribution >= 4 is 29.8 Å². The van der Waals surface area contributed by atoms with E-state index in [1.54, 1.807) is 32.8 Å². The van der Waals surface area contributed by atoms with Crippen LogP contribution in [0.3, 0.4) is 0 Å². The van der Waals surface area contributed by atoms with Gasteiger partial charge < -0.3 is 31.6 Å². The van der Waals surface area contributed by atoms with Crippen LogP contribution in [0.5, 0.6) is 0 Å². The van der Waals surface area contributed by atoms with Gasteiger partial charge in [-0.25, -0.2) is 13.1 Å².